The highest BCUT2D eigenvalue weighted by atomic mass is 16.5. The summed E-state index contributed by atoms with van der Waals surface area (Å²) < 4.78 is 6.50. The zero-order valence-electron chi connectivity index (χ0n) is 15.5. The lowest BCUT2D eigenvalue weighted by Gasteiger charge is -2.59. The smallest absolute Gasteiger partial charge is 0.155 e. The maximum Gasteiger partial charge on any atom is 0.155 e. The van der Waals surface area contributed by atoms with Gasteiger partial charge in [0.1, 0.15) is 0 Å². The molecule has 0 aromatic rings. The highest BCUT2D eigenvalue weighted by molar-refractivity contribution is 5.91. The van der Waals surface area contributed by atoms with Crippen molar-refractivity contribution in [3.63, 3.8) is 0 Å². The molecule has 2 nitrogen and oxygen atoms in total. The van der Waals surface area contributed by atoms with E-state index in [0.717, 1.165) is 55.0 Å². The molecule has 2 heteroatoms. The summed E-state index contributed by atoms with van der Waals surface area (Å²) in [6, 6.07) is 0. The zero-order valence-corrected chi connectivity index (χ0v) is 15.5. The summed E-state index contributed by atoms with van der Waals surface area (Å²) in [5, 5.41) is 0. The Morgan fingerprint density at radius 3 is 2.92 bits per heavy atom. The molecular weight excluding hydrogens is 308 g/mol. The number of carbonyl (C=O) groups is 1. The van der Waals surface area contributed by atoms with E-state index < -0.39 is 0 Å². The molecule has 5 aliphatic carbocycles. The summed E-state index contributed by atoms with van der Waals surface area (Å²) in [7, 11) is 0. The van der Waals surface area contributed by atoms with Crippen LogP contribution < -0.4 is 0 Å². The summed E-state index contributed by atoms with van der Waals surface area (Å²) in [6.07, 6.45) is 13.9. The highest BCUT2D eigenvalue weighted by Crippen LogP contribution is 2.78. The van der Waals surface area contributed by atoms with Gasteiger partial charge in [-0.3, -0.25) is 4.79 Å². The van der Waals surface area contributed by atoms with Gasteiger partial charge in [0.05, 0.1) is 12.2 Å². The minimum atomic E-state index is 0.0612. The standard InChI is InChI=1S/C23H30O2/c1-13-10-14-11-15(24)4-5-16(14)17-6-8-22(2)21(20(13)17)18-12-19(18)23(22)7-3-9-25-23/h3,7,11,13,16-21H,4-6,8-10,12H2,1-2H3/t13-,16+,17-,18+,19-,20-,21+,22+,23+/m1/s1. The number of allylic oxidation sites excluding steroid dienone is 1. The zero-order chi connectivity index (χ0) is 17.0. The van der Waals surface area contributed by atoms with Crippen LogP contribution in [0.15, 0.2) is 23.8 Å². The molecule has 1 spiro atoms. The molecule has 134 valence electrons. The predicted octanol–water partition coefficient (Wildman–Crippen LogP) is 4.56. The van der Waals surface area contributed by atoms with Gasteiger partial charge in [0.25, 0.3) is 0 Å². The molecule has 4 fully saturated rings. The molecule has 1 heterocycles. The van der Waals surface area contributed by atoms with Gasteiger partial charge in [-0.25, -0.2) is 0 Å². The van der Waals surface area contributed by atoms with Gasteiger partial charge in [-0.15, -0.1) is 0 Å². The molecule has 9 atom stereocenters. The van der Waals surface area contributed by atoms with Gasteiger partial charge in [-0.05, 0) is 79.6 Å². The van der Waals surface area contributed by atoms with Crippen molar-refractivity contribution in [2.24, 2.45) is 46.8 Å². The molecule has 0 aromatic heterocycles. The molecule has 1 aliphatic heterocycles. The molecule has 0 radical (unpaired) electrons. The Bertz CT molecular complexity index is 705. The summed E-state index contributed by atoms with van der Waals surface area (Å²) >= 11 is 0. The van der Waals surface area contributed by atoms with Crippen molar-refractivity contribution in [1.82, 2.24) is 0 Å². The molecule has 0 N–H and O–H groups in total. The third kappa shape index (κ3) is 1.69. The first kappa shape index (κ1) is 15.2. The van der Waals surface area contributed by atoms with Gasteiger partial charge in [-0.2, -0.15) is 0 Å². The number of fused-ring (bicyclic) bond motifs is 9. The van der Waals surface area contributed by atoms with Crippen LogP contribution in [0.5, 0.6) is 0 Å². The third-order valence-electron chi connectivity index (χ3n) is 9.43. The van der Waals surface area contributed by atoms with Crippen LogP contribution in [0.4, 0.5) is 0 Å². The molecular formula is C23H30O2. The third-order valence-corrected chi connectivity index (χ3v) is 9.43. The van der Waals surface area contributed by atoms with Gasteiger partial charge in [0.15, 0.2) is 5.78 Å². The molecule has 6 aliphatic rings. The van der Waals surface area contributed by atoms with E-state index in [4.69, 9.17) is 4.74 Å². The number of ketones is 1. The van der Waals surface area contributed by atoms with Crippen LogP contribution >= 0.6 is 0 Å². The van der Waals surface area contributed by atoms with Gasteiger partial charge in [-0.1, -0.05) is 31.6 Å². The second kappa shape index (κ2) is 4.68. The second-order valence-electron chi connectivity index (χ2n) is 10.2. The van der Waals surface area contributed by atoms with E-state index in [0.29, 0.717) is 17.1 Å². The largest absolute Gasteiger partial charge is 0.366 e. The first-order chi connectivity index (χ1) is 12.1. The Kier molecular flexibility index (Phi) is 2.85. The minimum absolute atomic E-state index is 0.0612. The molecule has 4 saturated carbocycles. The van der Waals surface area contributed by atoms with Gasteiger partial charge in [0.2, 0.25) is 0 Å². The van der Waals surface area contributed by atoms with Crippen LogP contribution in [0.1, 0.15) is 52.4 Å². The molecule has 6 rings (SSSR count). The van der Waals surface area contributed by atoms with E-state index in [1.165, 1.54) is 31.3 Å². The lowest BCUT2D eigenvalue weighted by molar-refractivity contribution is -0.140. The molecule has 0 saturated heterocycles. The minimum Gasteiger partial charge on any atom is -0.366 e. The van der Waals surface area contributed by atoms with Crippen molar-refractivity contribution in [3.8, 4) is 0 Å². The first-order valence-corrected chi connectivity index (χ1v) is 10.6. The number of carbonyl (C=O) groups excluding carboxylic acids is 1. The van der Waals surface area contributed by atoms with Crippen LogP contribution in [0.2, 0.25) is 0 Å². The van der Waals surface area contributed by atoms with E-state index in [1.807, 2.05) is 6.08 Å². The summed E-state index contributed by atoms with van der Waals surface area (Å²) in [5.74, 6) is 6.01. The molecule has 25 heavy (non-hydrogen) atoms. The lowest BCUT2D eigenvalue weighted by atomic mass is 9.47. The molecule has 0 aromatic carbocycles. The maximum atomic E-state index is 11.9. The van der Waals surface area contributed by atoms with Crippen molar-refractivity contribution in [2.45, 2.75) is 58.0 Å². The normalized spacial score (nSPS) is 58.4. The van der Waals surface area contributed by atoms with Crippen molar-refractivity contribution in [3.05, 3.63) is 23.8 Å². The monoisotopic (exact) mass is 338 g/mol. The fourth-order valence-electron chi connectivity index (χ4n) is 8.62. The Labute approximate surface area is 151 Å². The first-order valence-electron chi connectivity index (χ1n) is 10.6. The van der Waals surface area contributed by atoms with Crippen LogP contribution in [0.25, 0.3) is 0 Å². The fourth-order valence-corrected chi connectivity index (χ4v) is 8.62. The quantitative estimate of drug-likeness (QED) is 0.606. The van der Waals surface area contributed by atoms with Crippen LogP contribution in [0, 0.1) is 46.8 Å². The van der Waals surface area contributed by atoms with Gasteiger partial charge < -0.3 is 4.74 Å². The average molecular weight is 338 g/mol. The molecule has 0 amide bonds. The van der Waals surface area contributed by atoms with Gasteiger partial charge >= 0.3 is 0 Å². The van der Waals surface area contributed by atoms with Gasteiger partial charge in [0, 0.05) is 11.8 Å². The van der Waals surface area contributed by atoms with Crippen molar-refractivity contribution in [2.75, 3.05) is 6.61 Å². The number of ether oxygens (including phenoxy) is 1. The number of hydrogen-bond donors (Lipinski definition) is 0. The second-order valence-corrected chi connectivity index (χ2v) is 10.2. The van der Waals surface area contributed by atoms with Crippen LogP contribution in [-0.4, -0.2) is 18.0 Å². The topological polar surface area (TPSA) is 26.3 Å². The van der Waals surface area contributed by atoms with E-state index in [2.05, 4.69) is 26.0 Å². The van der Waals surface area contributed by atoms with E-state index in [-0.39, 0.29) is 5.60 Å². The average Bonchev–Trinajstić information content (AvgIpc) is 3.15. The van der Waals surface area contributed by atoms with Crippen molar-refractivity contribution < 1.29 is 9.53 Å². The van der Waals surface area contributed by atoms with Crippen LogP contribution in [-0.2, 0) is 9.53 Å². The van der Waals surface area contributed by atoms with Crippen LogP contribution in [0.3, 0.4) is 0 Å². The van der Waals surface area contributed by atoms with Crippen molar-refractivity contribution in [1.29, 1.82) is 0 Å². The Balaban J connectivity index is 1.41. The molecule has 0 unspecified atom stereocenters. The predicted molar refractivity (Wildman–Crippen MR) is 96.8 cm³/mol. The fraction of sp³-hybridized carbons (Fsp3) is 0.783. The van der Waals surface area contributed by atoms with E-state index in [1.54, 1.807) is 0 Å². The Hall–Kier alpha value is -0.890. The number of hydrogen-bond acceptors (Lipinski definition) is 2. The Morgan fingerprint density at radius 1 is 1.24 bits per heavy atom. The molecule has 0 bridgehead atoms. The van der Waals surface area contributed by atoms with E-state index >= 15 is 0 Å². The Morgan fingerprint density at radius 2 is 2.12 bits per heavy atom. The number of rotatable bonds is 0. The highest BCUT2D eigenvalue weighted by Gasteiger charge is 2.76. The maximum absolute atomic E-state index is 11.9. The summed E-state index contributed by atoms with van der Waals surface area (Å²) in [5.41, 5.74) is 1.91. The SMILES string of the molecule is C[C@@H]1CC2=CC(=O)CC[C@@H]2[C@H]2CC[C@@]3(C)[C@@H]([C@H]4C[C@H]4[C@@]34C=CCO4)[C@@H]21. The summed E-state index contributed by atoms with van der Waals surface area (Å²) in [4.78, 5) is 11.9. The summed E-state index contributed by atoms with van der Waals surface area (Å²) in [6.45, 7) is 5.87. The lowest BCUT2D eigenvalue weighted by Crippen LogP contribution is -2.56. The van der Waals surface area contributed by atoms with E-state index in [9.17, 15) is 4.79 Å². The van der Waals surface area contributed by atoms with Crippen molar-refractivity contribution >= 4 is 5.78 Å².